The number of aromatic nitrogens is 5. The number of amides is 1. The summed E-state index contributed by atoms with van der Waals surface area (Å²) >= 11 is 0. The largest absolute Gasteiger partial charge is 0.416 e. The molecule has 0 unspecified atom stereocenters. The number of hydrogen-bond donors (Lipinski definition) is 3. The summed E-state index contributed by atoms with van der Waals surface area (Å²) in [4.78, 5) is 25.3. The number of rotatable bonds is 4. The van der Waals surface area contributed by atoms with Crippen LogP contribution >= 0.6 is 0 Å². The molecule has 11 heteroatoms. The third kappa shape index (κ3) is 3.84. The number of H-pyrrole nitrogens is 1. The molecule has 0 aliphatic rings. The van der Waals surface area contributed by atoms with Gasteiger partial charge in [0.25, 0.3) is 5.91 Å². The number of benzene rings is 1. The second kappa shape index (κ2) is 7.62. The Morgan fingerprint density at radius 1 is 1.03 bits per heavy atom. The first-order chi connectivity index (χ1) is 15.8. The fourth-order valence-corrected chi connectivity index (χ4v) is 3.61. The lowest BCUT2D eigenvalue weighted by Crippen LogP contribution is -2.14. The lowest BCUT2D eigenvalue weighted by atomic mass is 10.1. The van der Waals surface area contributed by atoms with Crippen LogP contribution < -0.4 is 10.6 Å². The Hall–Kier alpha value is -4.41. The van der Waals surface area contributed by atoms with E-state index in [4.69, 9.17) is 0 Å². The predicted molar refractivity (Wildman–Crippen MR) is 117 cm³/mol. The van der Waals surface area contributed by atoms with E-state index >= 15 is 0 Å². The fourth-order valence-electron chi connectivity index (χ4n) is 3.61. The van der Waals surface area contributed by atoms with Gasteiger partial charge in [-0.05, 0) is 30.3 Å². The molecule has 0 spiro atoms. The van der Waals surface area contributed by atoms with Crippen LogP contribution in [0.3, 0.4) is 0 Å². The molecule has 0 atom stereocenters. The number of nitrogens with one attached hydrogen (secondary N) is 3. The average molecular weight is 451 g/mol. The summed E-state index contributed by atoms with van der Waals surface area (Å²) in [7, 11) is 1.86. The minimum absolute atomic E-state index is 0.100. The number of nitrogens with zero attached hydrogens (tertiary/aromatic N) is 4. The molecule has 1 aromatic carbocycles. The third-order valence-electron chi connectivity index (χ3n) is 5.11. The quantitative estimate of drug-likeness (QED) is 0.362. The summed E-state index contributed by atoms with van der Waals surface area (Å²) < 4.78 is 40.6. The summed E-state index contributed by atoms with van der Waals surface area (Å²) in [6.07, 6.45) is 0.336. The van der Waals surface area contributed by atoms with Crippen LogP contribution in [0, 0.1) is 0 Å². The van der Waals surface area contributed by atoms with Crippen molar-refractivity contribution < 1.29 is 18.0 Å². The van der Waals surface area contributed by atoms with Gasteiger partial charge in [0.15, 0.2) is 5.65 Å². The molecule has 33 heavy (non-hydrogen) atoms. The Morgan fingerprint density at radius 3 is 2.67 bits per heavy atom. The molecule has 4 aromatic heterocycles. The Morgan fingerprint density at radius 2 is 1.85 bits per heavy atom. The van der Waals surface area contributed by atoms with Gasteiger partial charge in [-0.1, -0.05) is 6.07 Å². The minimum atomic E-state index is -4.53. The standard InChI is InChI=1S/C22H16F3N7O/c1-32-18-15-6-8-27-19(15)28-11-16(18)20(31-32)30-17-10-14(5-7-26-17)29-21(33)12-3-2-4-13(9-12)22(23,24)25/h2-11,31H,1H3,(H2,26,29,30,33). The van der Waals surface area contributed by atoms with Crippen LogP contribution in [0.2, 0.25) is 0 Å². The highest BCUT2D eigenvalue weighted by atomic mass is 19.4. The summed E-state index contributed by atoms with van der Waals surface area (Å²) in [5.74, 6) is 0.392. The number of halogens is 3. The van der Waals surface area contributed by atoms with Crippen molar-refractivity contribution in [2.45, 2.75) is 6.18 Å². The van der Waals surface area contributed by atoms with E-state index in [-0.39, 0.29) is 5.56 Å². The first-order valence-corrected chi connectivity index (χ1v) is 9.79. The zero-order valence-electron chi connectivity index (χ0n) is 17.1. The van der Waals surface area contributed by atoms with Crippen LogP contribution in [0.1, 0.15) is 15.9 Å². The van der Waals surface area contributed by atoms with Crippen molar-refractivity contribution in [3.63, 3.8) is 0 Å². The number of hydrogen-bond acceptors (Lipinski definition) is 5. The van der Waals surface area contributed by atoms with Crippen molar-refractivity contribution in [1.29, 1.82) is 0 Å². The molecule has 166 valence electrons. The van der Waals surface area contributed by atoms with Crippen molar-refractivity contribution in [1.82, 2.24) is 24.7 Å². The highest BCUT2D eigenvalue weighted by molar-refractivity contribution is 6.07. The summed E-state index contributed by atoms with van der Waals surface area (Å²) in [6, 6.07) is 9.25. The van der Waals surface area contributed by atoms with Crippen molar-refractivity contribution in [2.24, 2.45) is 7.05 Å². The minimum Gasteiger partial charge on any atom is -0.325 e. The Kier molecular flexibility index (Phi) is 4.73. The first kappa shape index (κ1) is 20.5. The summed E-state index contributed by atoms with van der Waals surface area (Å²) in [6.45, 7) is 0. The fraction of sp³-hybridized carbons (Fsp3) is 0.0909. The van der Waals surface area contributed by atoms with Gasteiger partial charge in [0, 0.05) is 48.3 Å². The molecule has 5 rings (SSSR count). The van der Waals surface area contributed by atoms with Crippen LogP contribution in [0.15, 0.2) is 61.1 Å². The van der Waals surface area contributed by atoms with Gasteiger partial charge in [-0.15, -0.1) is 0 Å². The molecule has 3 N–H and O–H groups in total. The molecule has 1 amide bonds. The third-order valence-corrected chi connectivity index (χ3v) is 5.11. The van der Waals surface area contributed by atoms with Crippen LogP contribution in [0.4, 0.5) is 30.5 Å². The number of fused-ring (bicyclic) bond motifs is 3. The van der Waals surface area contributed by atoms with Crippen LogP contribution in [0.5, 0.6) is 0 Å². The monoisotopic (exact) mass is 451 g/mol. The van der Waals surface area contributed by atoms with E-state index in [1.165, 1.54) is 18.3 Å². The number of aromatic amines is 1. The lowest BCUT2D eigenvalue weighted by molar-refractivity contribution is -0.137. The zero-order chi connectivity index (χ0) is 23.2. The second-order valence-electron chi connectivity index (χ2n) is 7.34. The summed E-state index contributed by atoms with van der Waals surface area (Å²) in [5, 5.41) is 10.7. The molecule has 0 saturated heterocycles. The van der Waals surface area contributed by atoms with Gasteiger partial charge in [-0.3, -0.25) is 14.6 Å². The molecule has 0 saturated carbocycles. The van der Waals surface area contributed by atoms with Gasteiger partial charge in [-0.2, -0.15) is 13.2 Å². The maximum Gasteiger partial charge on any atom is 0.416 e. The highest BCUT2D eigenvalue weighted by Crippen LogP contribution is 2.31. The van der Waals surface area contributed by atoms with Crippen LogP contribution in [-0.2, 0) is 13.2 Å². The van der Waals surface area contributed by atoms with Gasteiger partial charge >= 0.3 is 6.18 Å². The lowest BCUT2D eigenvalue weighted by Gasteiger charge is -2.10. The average Bonchev–Trinajstić information content (AvgIpc) is 3.38. The Balaban J connectivity index is 1.40. The van der Waals surface area contributed by atoms with Crippen LogP contribution in [0.25, 0.3) is 21.9 Å². The topological polar surface area (TPSA) is 101 Å². The van der Waals surface area contributed by atoms with E-state index < -0.39 is 17.6 Å². The first-order valence-electron chi connectivity index (χ1n) is 9.79. The second-order valence-corrected chi connectivity index (χ2v) is 7.34. The Bertz CT molecular complexity index is 1500. The van der Waals surface area contributed by atoms with Gasteiger partial charge in [-0.25, -0.2) is 15.0 Å². The van der Waals surface area contributed by atoms with Gasteiger partial charge in [0.2, 0.25) is 0 Å². The van der Waals surface area contributed by atoms with Gasteiger partial charge in [0.1, 0.15) is 11.6 Å². The predicted octanol–water partition coefficient (Wildman–Crippen LogP) is 4.86. The zero-order valence-corrected chi connectivity index (χ0v) is 17.1. The number of alkyl halides is 3. The molecule has 0 aliphatic heterocycles. The molecular formula is C22H16F3N7O. The highest BCUT2D eigenvalue weighted by Gasteiger charge is 2.30. The smallest absolute Gasteiger partial charge is 0.325 e. The van der Waals surface area contributed by atoms with Gasteiger partial charge in [0.05, 0.1) is 16.5 Å². The van der Waals surface area contributed by atoms with Crippen LogP contribution in [-0.4, -0.2) is 30.6 Å². The maximum absolute atomic E-state index is 12.9. The molecule has 0 bridgehead atoms. The number of carbonyl (C=O) groups excluding carboxylic acids is 1. The van der Waals surface area contributed by atoms with Crippen molar-refractivity contribution in [3.8, 4) is 0 Å². The number of carbonyl (C=O) groups is 1. The van der Waals surface area contributed by atoms with Crippen molar-refractivity contribution in [2.75, 3.05) is 10.6 Å². The number of pyridine rings is 2. The maximum atomic E-state index is 12.9. The van der Waals surface area contributed by atoms with E-state index in [0.29, 0.717) is 23.0 Å². The van der Waals surface area contributed by atoms with E-state index in [0.717, 1.165) is 28.4 Å². The van der Waals surface area contributed by atoms with E-state index in [2.05, 4.69) is 30.7 Å². The SMILES string of the molecule is Cn1[nH]c(Nc2cc(NC(=O)c3cccc(C(F)(F)F)c3)ccn2)c2cnc3nccc3c21. The van der Waals surface area contributed by atoms with E-state index in [1.54, 1.807) is 24.5 Å². The summed E-state index contributed by atoms with van der Waals surface area (Å²) in [5.41, 5.74) is 0.935. The van der Waals surface area contributed by atoms with E-state index in [1.807, 2.05) is 17.8 Å². The van der Waals surface area contributed by atoms with Gasteiger partial charge < -0.3 is 10.6 Å². The number of aryl methyl sites for hydroxylation is 1. The van der Waals surface area contributed by atoms with E-state index in [9.17, 15) is 18.0 Å². The molecule has 8 nitrogen and oxygen atoms in total. The molecular weight excluding hydrogens is 435 g/mol. The normalized spacial score (nSPS) is 11.8. The molecule has 0 aliphatic carbocycles. The molecule has 0 fully saturated rings. The molecule has 4 heterocycles. The number of anilines is 3. The molecule has 5 aromatic rings. The Labute approximate surface area is 184 Å². The molecule has 0 radical (unpaired) electrons. The van der Waals surface area contributed by atoms with Crippen molar-refractivity contribution >= 4 is 45.2 Å². The van der Waals surface area contributed by atoms with Crippen molar-refractivity contribution in [3.05, 3.63) is 72.2 Å².